The van der Waals surface area contributed by atoms with Crippen LogP contribution in [0.15, 0.2) is 16.6 Å². The summed E-state index contributed by atoms with van der Waals surface area (Å²) in [6.07, 6.45) is 0. The van der Waals surface area contributed by atoms with Crippen molar-refractivity contribution in [3.05, 3.63) is 22.4 Å². The highest BCUT2D eigenvalue weighted by molar-refractivity contribution is 9.10. The van der Waals surface area contributed by atoms with Gasteiger partial charge in [-0.15, -0.1) is 0 Å². The summed E-state index contributed by atoms with van der Waals surface area (Å²) in [4.78, 5) is 2.10. The lowest BCUT2D eigenvalue weighted by molar-refractivity contribution is 0.292. The van der Waals surface area contributed by atoms with E-state index in [1.54, 1.807) is 0 Å². The Labute approximate surface area is 90.8 Å². The number of anilines is 1. The second-order valence-electron chi connectivity index (χ2n) is 3.16. The standard InChI is InChI=1S/C10H11BrFNO/c1-2-13-3-4-14-10-8(12)5-7(11)6-9(10)13/h5-6H,2-4H2,1H3. The van der Waals surface area contributed by atoms with Crippen molar-refractivity contribution in [1.82, 2.24) is 0 Å². The molecule has 14 heavy (non-hydrogen) atoms. The lowest BCUT2D eigenvalue weighted by Crippen LogP contribution is -2.32. The summed E-state index contributed by atoms with van der Waals surface area (Å²) in [5.74, 6) is 0.0776. The molecule has 0 amide bonds. The van der Waals surface area contributed by atoms with E-state index in [0.29, 0.717) is 12.4 Å². The lowest BCUT2D eigenvalue weighted by atomic mass is 10.2. The van der Waals surface area contributed by atoms with Crippen molar-refractivity contribution in [2.24, 2.45) is 0 Å². The minimum absolute atomic E-state index is 0.299. The molecular weight excluding hydrogens is 249 g/mol. The van der Waals surface area contributed by atoms with Crippen LogP contribution in [-0.4, -0.2) is 19.7 Å². The average Bonchev–Trinajstić information content (AvgIpc) is 2.17. The highest BCUT2D eigenvalue weighted by Gasteiger charge is 2.20. The number of nitrogens with zero attached hydrogens (tertiary/aromatic N) is 1. The normalized spacial score (nSPS) is 14.9. The van der Waals surface area contributed by atoms with Gasteiger partial charge in [0.15, 0.2) is 11.6 Å². The largest absolute Gasteiger partial charge is 0.486 e. The third-order valence-electron chi connectivity index (χ3n) is 2.32. The van der Waals surface area contributed by atoms with Gasteiger partial charge in [-0.05, 0) is 19.1 Å². The Kier molecular flexibility index (Phi) is 2.63. The van der Waals surface area contributed by atoms with Crippen LogP contribution >= 0.6 is 15.9 Å². The van der Waals surface area contributed by atoms with Crippen LogP contribution in [0.5, 0.6) is 5.75 Å². The van der Waals surface area contributed by atoms with Gasteiger partial charge in [0.1, 0.15) is 6.61 Å². The molecule has 0 fully saturated rings. The van der Waals surface area contributed by atoms with Crippen molar-refractivity contribution in [1.29, 1.82) is 0 Å². The van der Waals surface area contributed by atoms with Gasteiger partial charge in [-0.2, -0.15) is 0 Å². The predicted molar refractivity (Wildman–Crippen MR) is 57.5 cm³/mol. The first-order valence-electron chi connectivity index (χ1n) is 4.59. The number of ether oxygens (including phenoxy) is 1. The molecule has 0 aromatic heterocycles. The average molecular weight is 260 g/mol. The molecule has 1 aromatic rings. The Hall–Kier alpha value is -0.770. The van der Waals surface area contributed by atoms with Crippen molar-refractivity contribution in [2.45, 2.75) is 6.92 Å². The smallest absolute Gasteiger partial charge is 0.178 e. The Bertz CT molecular complexity index is 356. The predicted octanol–water partition coefficient (Wildman–Crippen LogP) is 2.81. The van der Waals surface area contributed by atoms with Crippen LogP contribution < -0.4 is 9.64 Å². The number of rotatable bonds is 1. The fourth-order valence-corrected chi connectivity index (χ4v) is 2.05. The van der Waals surface area contributed by atoms with Gasteiger partial charge in [-0.25, -0.2) is 4.39 Å². The molecule has 1 aromatic carbocycles. The van der Waals surface area contributed by atoms with Gasteiger partial charge in [-0.1, -0.05) is 15.9 Å². The van der Waals surface area contributed by atoms with Crippen LogP contribution in [0.3, 0.4) is 0 Å². The highest BCUT2D eigenvalue weighted by atomic mass is 79.9. The number of hydrogen-bond acceptors (Lipinski definition) is 2. The fourth-order valence-electron chi connectivity index (χ4n) is 1.63. The maximum absolute atomic E-state index is 13.5. The molecular formula is C10H11BrFNO. The minimum atomic E-state index is -0.299. The van der Waals surface area contributed by atoms with E-state index < -0.39 is 0 Å². The molecule has 2 rings (SSSR count). The molecule has 1 heterocycles. The SMILES string of the molecule is CCN1CCOc2c(F)cc(Br)cc21. The summed E-state index contributed by atoms with van der Waals surface area (Å²) < 4.78 is 19.5. The molecule has 0 aliphatic carbocycles. The van der Waals surface area contributed by atoms with Gasteiger partial charge in [0.05, 0.1) is 12.2 Å². The van der Waals surface area contributed by atoms with E-state index in [-0.39, 0.29) is 5.82 Å². The van der Waals surface area contributed by atoms with Crippen molar-refractivity contribution in [3.8, 4) is 5.75 Å². The summed E-state index contributed by atoms with van der Waals surface area (Å²) in [6, 6.07) is 3.32. The highest BCUT2D eigenvalue weighted by Crippen LogP contribution is 2.36. The van der Waals surface area contributed by atoms with E-state index >= 15 is 0 Å². The van der Waals surface area contributed by atoms with Crippen LogP contribution in [0.2, 0.25) is 0 Å². The Balaban J connectivity index is 2.51. The molecule has 0 spiro atoms. The molecule has 4 heteroatoms. The zero-order valence-corrected chi connectivity index (χ0v) is 9.47. The molecule has 0 radical (unpaired) electrons. The van der Waals surface area contributed by atoms with Gasteiger partial charge in [-0.3, -0.25) is 0 Å². The van der Waals surface area contributed by atoms with Gasteiger partial charge in [0.2, 0.25) is 0 Å². The van der Waals surface area contributed by atoms with Gasteiger partial charge < -0.3 is 9.64 Å². The van der Waals surface area contributed by atoms with Crippen LogP contribution in [-0.2, 0) is 0 Å². The Morgan fingerprint density at radius 3 is 3.07 bits per heavy atom. The summed E-state index contributed by atoms with van der Waals surface area (Å²) in [5.41, 5.74) is 0.839. The molecule has 0 bridgehead atoms. The molecule has 2 nitrogen and oxygen atoms in total. The molecule has 0 unspecified atom stereocenters. The third kappa shape index (κ3) is 1.59. The van der Waals surface area contributed by atoms with Gasteiger partial charge >= 0.3 is 0 Å². The molecule has 76 valence electrons. The number of benzene rings is 1. The van der Waals surface area contributed by atoms with E-state index in [2.05, 4.69) is 20.8 Å². The van der Waals surface area contributed by atoms with Gasteiger partial charge in [0, 0.05) is 11.0 Å². The van der Waals surface area contributed by atoms with E-state index in [4.69, 9.17) is 4.74 Å². The molecule has 0 saturated carbocycles. The number of halogens is 2. The first-order valence-corrected chi connectivity index (χ1v) is 5.38. The second kappa shape index (κ2) is 3.77. The quantitative estimate of drug-likeness (QED) is 0.769. The van der Waals surface area contributed by atoms with E-state index in [1.165, 1.54) is 6.07 Å². The molecule has 1 aliphatic heterocycles. The Morgan fingerprint density at radius 1 is 1.57 bits per heavy atom. The molecule has 0 N–H and O–H groups in total. The first-order chi connectivity index (χ1) is 6.72. The minimum Gasteiger partial charge on any atom is -0.486 e. The van der Waals surface area contributed by atoms with E-state index in [9.17, 15) is 4.39 Å². The third-order valence-corrected chi connectivity index (χ3v) is 2.78. The van der Waals surface area contributed by atoms with Crippen molar-refractivity contribution in [3.63, 3.8) is 0 Å². The second-order valence-corrected chi connectivity index (χ2v) is 4.08. The van der Waals surface area contributed by atoms with Crippen LogP contribution in [0.1, 0.15) is 6.92 Å². The van der Waals surface area contributed by atoms with Crippen LogP contribution in [0.4, 0.5) is 10.1 Å². The number of likely N-dealkylation sites (N-methyl/N-ethyl adjacent to an activating group) is 1. The lowest BCUT2D eigenvalue weighted by Gasteiger charge is -2.30. The molecule has 1 aliphatic rings. The van der Waals surface area contributed by atoms with Crippen molar-refractivity contribution in [2.75, 3.05) is 24.6 Å². The van der Waals surface area contributed by atoms with Crippen molar-refractivity contribution >= 4 is 21.6 Å². The summed E-state index contributed by atoms with van der Waals surface area (Å²) in [6.45, 7) is 4.29. The van der Waals surface area contributed by atoms with E-state index in [0.717, 1.165) is 23.2 Å². The monoisotopic (exact) mass is 259 g/mol. The maximum atomic E-state index is 13.5. The fraction of sp³-hybridized carbons (Fsp3) is 0.400. The molecule has 0 saturated heterocycles. The van der Waals surface area contributed by atoms with Crippen LogP contribution in [0, 0.1) is 5.82 Å². The maximum Gasteiger partial charge on any atom is 0.178 e. The van der Waals surface area contributed by atoms with E-state index in [1.807, 2.05) is 13.0 Å². The topological polar surface area (TPSA) is 12.5 Å². The van der Waals surface area contributed by atoms with Gasteiger partial charge in [0.25, 0.3) is 0 Å². The zero-order valence-electron chi connectivity index (χ0n) is 7.89. The van der Waals surface area contributed by atoms with Crippen molar-refractivity contribution < 1.29 is 9.13 Å². The first kappa shape index (κ1) is 9.77. The Morgan fingerprint density at radius 2 is 2.36 bits per heavy atom. The summed E-state index contributed by atoms with van der Waals surface area (Å²) in [5, 5.41) is 0. The number of hydrogen-bond donors (Lipinski definition) is 0. The summed E-state index contributed by atoms with van der Waals surface area (Å²) >= 11 is 3.28. The number of fused-ring (bicyclic) bond motifs is 1. The van der Waals surface area contributed by atoms with Crippen LogP contribution in [0.25, 0.3) is 0 Å². The summed E-state index contributed by atoms with van der Waals surface area (Å²) in [7, 11) is 0. The zero-order chi connectivity index (χ0) is 10.1. The molecule has 0 atom stereocenters.